The summed E-state index contributed by atoms with van der Waals surface area (Å²) in [7, 11) is 0.297. The maximum atomic E-state index is 13.2. The summed E-state index contributed by atoms with van der Waals surface area (Å²) in [6.45, 7) is 0. The van der Waals surface area contributed by atoms with Gasteiger partial charge in [0.1, 0.15) is 5.82 Å². The smallest absolute Gasteiger partial charge is 0.233 e. The quantitative estimate of drug-likeness (QED) is 0.687. The van der Waals surface area contributed by atoms with E-state index < -0.39 is 15.8 Å². The van der Waals surface area contributed by atoms with Gasteiger partial charge in [0, 0.05) is 20.4 Å². The van der Waals surface area contributed by atoms with Crippen molar-refractivity contribution in [2.45, 2.75) is 42.9 Å². The van der Waals surface area contributed by atoms with Gasteiger partial charge in [-0.15, -0.1) is 0 Å². The largest absolute Gasteiger partial charge is 0.361 e. The Morgan fingerprint density at radius 3 is 2.47 bits per heavy atom. The second-order valence-electron chi connectivity index (χ2n) is 8.04. The molecule has 3 rings (SSSR count). The average Bonchev–Trinajstić information content (AvgIpc) is 3.18. The van der Waals surface area contributed by atoms with Gasteiger partial charge in [-0.1, -0.05) is 43.4 Å². The van der Waals surface area contributed by atoms with Crippen LogP contribution >= 0.6 is 11.6 Å². The molecule has 1 aliphatic carbocycles. The lowest BCUT2D eigenvalue weighted by molar-refractivity contribution is -0.118. The molecule has 30 heavy (non-hydrogen) atoms. The maximum Gasteiger partial charge on any atom is 0.233 e. The first-order valence-corrected chi connectivity index (χ1v) is 12.2. The zero-order chi connectivity index (χ0) is 21.9. The van der Waals surface area contributed by atoms with Gasteiger partial charge in [0.05, 0.1) is 28.2 Å². The molecule has 1 fully saturated rings. The van der Waals surface area contributed by atoms with Gasteiger partial charge < -0.3 is 10.2 Å². The molecule has 0 saturated heterocycles. The zero-order valence-electron chi connectivity index (χ0n) is 17.4. The molecular weight excluding hydrogens is 424 g/mol. The van der Waals surface area contributed by atoms with Crippen molar-refractivity contribution < 1.29 is 13.2 Å². The summed E-state index contributed by atoms with van der Waals surface area (Å²) in [5.74, 6) is 0.877. The highest BCUT2D eigenvalue weighted by Crippen LogP contribution is 2.36. The van der Waals surface area contributed by atoms with Gasteiger partial charge in [-0.05, 0) is 30.0 Å². The van der Waals surface area contributed by atoms with Crippen LogP contribution in [-0.4, -0.2) is 44.6 Å². The number of amides is 1. The van der Waals surface area contributed by atoms with E-state index in [1.807, 2.05) is 19.0 Å². The highest BCUT2D eigenvalue weighted by molar-refractivity contribution is 7.90. The molecule has 0 bridgehead atoms. The predicted molar refractivity (Wildman–Crippen MR) is 119 cm³/mol. The summed E-state index contributed by atoms with van der Waals surface area (Å²) >= 11 is 6.25. The van der Waals surface area contributed by atoms with Crippen LogP contribution in [-0.2, 0) is 14.6 Å². The van der Waals surface area contributed by atoms with Gasteiger partial charge in [-0.3, -0.25) is 4.79 Å². The molecule has 9 heteroatoms. The van der Waals surface area contributed by atoms with Crippen molar-refractivity contribution in [3.63, 3.8) is 0 Å². The second kappa shape index (κ2) is 9.31. The normalized spacial score (nSPS) is 15.7. The number of rotatable bonds is 7. The van der Waals surface area contributed by atoms with E-state index in [0.29, 0.717) is 29.5 Å². The van der Waals surface area contributed by atoms with Crippen LogP contribution in [0.1, 0.15) is 43.6 Å². The van der Waals surface area contributed by atoms with E-state index in [1.54, 1.807) is 18.3 Å². The van der Waals surface area contributed by atoms with Gasteiger partial charge in [0.2, 0.25) is 5.91 Å². The van der Waals surface area contributed by atoms with Crippen LogP contribution < -0.4 is 10.2 Å². The van der Waals surface area contributed by atoms with Crippen LogP contribution in [0.4, 0.5) is 11.6 Å². The first kappa shape index (κ1) is 22.5. The van der Waals surface area contributed by atoms with Gasteiger partial charge in [-0.2, -0.15) is 0 Å². The third kappa shape index (κ3) is 5.49. The summed E-state index contributed by atoms with van der Waals surface area (Å²) in [6, 6.07) is 4.76. The Kier molecular flexibility index (Phi) is 6.98. The molecule has 1 aliphatic rings. The summed E-state index contributed by atoms with van der Waals surface area (Å²) in [6.07, 6.45) is 9.45. The topological polar surface area (TPSA) is 92.3 Å². The minimum Gasteiger partial charge on any atom is -0.361 e. The fraction of sp³-hybridized carbons (Fsp3) is 0.476. The van der Waals surface area contributed by atoms with Crippen LogP contribution in [0.5, 0.6) is 0 Å². The summed E-state index contributed by atoms with van der Waals surface area (Å²) in [4.78, 5) is 23.6. The Morgan fingerprint density at radius 2 is 1.93 bits per heavy atom. The molecule has 1 N–H and O–H groups in total. The number of anilines is 2. The monoisotopic (exact) mass is 450 g/mol. The number of benzene rings is 1. The Hall–Kier alpha value is -2.19. The molecule has 1 atom stereocenters. The van der Waals surface area contributed by atoms with E-state index in [4.69, 9.17) is 11.6 Å². The molecule has 0 radical (unpaired) electrons. The molecule has 0 aliphatic heterocycles. The minimum atomic E-state index is -3.43. The van der Waals surface area contributed by atoms with Crippen LogP contribution in [0.25, 0.3) is 0 Å². The first-order valence-electron chi connectivity index (χ1n) is 9.95. The van der Waals surface area contributed by atoms with E-state index in [-0.39, 0.29) is 15.8 Å². The fourth-order valence-corrected chi connectivity index (χ4v) is 5.18. The third-order valence-electron chi connectivity index (χ3n) is 5.47. The highest BCUT2D eigenvalue weighted by atomic mass is 35.5. The van der Waals surface area contributed by atoms with Crippen molar-refractivity contribution in [1.82, 2.24) is 9.97 Å². The number of carbonyl (C=O) groups is 1. The Morgan fingerprint density at radius 1 is 1.23 bits per heavy atom. The third-order valence-corrected chi connectivity index (χ3v) is 7.05. The number of nitrogens with zero attached hydrogens (tertiary/aromatic N) is 3. The molecule has 2 aromatic rings. The number of sulfone groups is 1. The highest BCUT2D eigenvalue weighted by Gasteiger charge is 2.28. The summed E-state index contributed by atoms with van der Waals surface area (Å²) < 4.78 is 23.8. The number of hydrogen-bond acceptors (Lipinski definition) is 6. The van der Waals surface area contributed by atoms with Crippen molar-refractivity contribution in [2.24, 2.45) is 5.92 Å². The van der Waals surface area contributed by atoms with Crippen molar-refractivity contribution in [1.29, 1.82) is 0 Å². The average molecular weight is 451 g/mol. The molecule has 1 heterocycles. The summed E-state index contributed by atoms with van der Waals surface area (Å²) in [5, 5.41) is 2.99. The van der Waals surface area contributed by atoms with Crippen LogP contribution in [0.3, 0.4) is 0 Å². The van der Waals surface area contributed by atoms with E-state index in [9.17, 15) is 13.2 Å². The SMILES string of the molecule is CN(C)c1cnc(NC(=O)C(CC2CCCC2)c2ccc(S(C)(=O)=O)c(Cl)c2)cn1. The number of hydrogen-bond donors (Lipinski definition) is 1. The van der Waals surface area contributed by atoms with Crippen molar-refractivity contribution >= 4 is 39.0 Å². The predicted octanol–water partition coefficient (Wildman–Crippen LogP) is 3.90. The zero-order valence-corrected chi connectivity index (χ0v) is 19.0. The minimum absolute atomic E-state index is 0.0677. The number of aromatic nitrogens is 2. The molecule has 1 saturated carbocycles. The van der Waals surface area contributed by atoms with Crippen molar-refractivity contribution in [3.05, 3.63) is 41.2 Å². The van der Waals surface area contributed by atoms with Crippen LogP contribution in [0, 0.1) is 5.92 Å². The lowest BCUT2D eigenvalue weighted by Gasteiger charge is -2.21. The van der Waals surface area contributed by atoms with Crippen LogP contribution in [0.2, 0.25) is 5.02 Å². The Balaban J connectivity index is 1.86. The lowest BCUT2D eigenvalue weighted by atomic mass is 9.87. The molecule has 1 aromatic heterocycles. The van der Waals surface area contributed by atoms with E-state index in [2.05, 4.69) is 15.3 Å². The lowest BCUT2D eigenvalue weighted by Crippen LogP contribution is -2.24. The molecule has 7 nitrogen and oxygen atoms in total. The standard InChI is InChI=1S/C21H27ClN4O3S/c1-26(2)20-13-23-19(12-24-20)25-21(27)16(10-14-6-4-5-7-14)15-8-9-18(17(22)11-15)30(3,28)29/h8-9,11-14,16H,4-7,10H2,1-3H3,(H,23,25,27). The van der Waals surface area contributed by atoms with Crippen molar-refractivity contribution in [3.8, 4) is 0 Å². The Labute approximate surface area is 182 Å². The van der Waals surface area contributed by atoms with Crippen LogP contribution in [0.15, 0.2) is 35.5 Å². The van der Waals surface area contributed by atoms with E-state index in [0.717, 1.165) is 19.1 Å². The van der Waals surface area contributed by atoms with Gasteiger partial charge in [0.15, 0.2) is 15.7 Å². The maximum absolute atomic E-state index is 13.2. The summed E-state index contributed by atoms with van der Waals surface area (Å²) in [5.41, 5.74) is 0.703. The second-order valence-corrected chi connectivity index (χ2v) is 10.4. The van der Waals surface area contributed by atoms with Gasteiger partial charge >= 0.3 is 0 Å². The first-order chi connectivity index (χ1) is 14.1. The van der Waals surface area contributed by atoms with Gasteiger partial charge in [0.25, 0.3) is 0 Å². The molecule has 1 amide bonds. The number of nitrogens with one attached hydrogen (secondary N) is 1. The molecule has 162 valence electrons. The number of carbonyl (C=O) groups excluding carboxylic acids is 1. The Bertz CT molecular complexity index is 1000. The van der Waals surface area contributed by atoms with E-state index in [1.165, 1.54) is 25.1 Å². The van der Waals surface area contributed by atoms with Gasteiger partial charge in [-0.25, -0.2) is 18.4 Å². The number of halogens is 1. The van der Waals surface area contributed by atoms with E-state index >= 15 is 0 Å². The fourth-order valence-electron chi connectivity index (χ4n) is 3.84. The molecular formula is C21H27ClN4O3S. The molecule has 1 unspecified atom stereocenters. The molecule has 0 spiro atoms. The van der Waals surface area contributed by atoms with Crippen molar-refractivity contribution in [2.75, 3.05) is 30.6 Å². The molecule has 1 aromatic carbocycles.